The van der Waals surface area contributed by atoms with Crippen LogP contribution in [0.3, 0.4) is 0 Å². The number of nitrogens with one attached hydrogen (secondary N) is 1. The zero-order valence-corrected chi connectivity index (χ0v) is 12.6. The Morgan fingerprint density at radius 2 is 2.21 bits per heavy atom. The molecule has 19 heavy (non-hydrogen) atoms. The fraction of sp³-hybridized carbons (Fsp3) is 0.857. The topological polar surface area (TPSA) is 52.0 Å². The summed E-state index contributed by atoms with van der Waals surface area (Å²) in [5.41, 5.74) is 0.395. The molecule has 1 aromatic rings. The van der Waals surface area contributed by atoms with Gasteiger partial charge in [-0.25, -0.2) is 9.67 Å². The first kappa shape index (κ1) is 14.5. The van der Waals surface area contributed by atoms with Gasteiger partial charge in [-0.3, -0.25) is 0 Å². The van der Waals surface area contributed by atoms with Crippen LogP contribution in [0.1, 0.15) is 45.3 Å². The van der Waals surface area contributed by atoms with Crippen LogP contribution in [-0.4, -0.2) is 34.5 Å². The van der Waals surface area contributed by atoms with Crippen LogP contribution in [0, 0.1) is 5.41 Å². The number of fused-ring (bicyclic) bond motifs is 1. The maximum Gasteiger partial charge on any atom is 0.176 e. The van der Waals surface area contributed by atoms with Crippen molar-refractivity contribution in [2.45, 2.75) is 59.2 Å². The zero-order valence-electron chi connectivity index (χ0n) is 12.6. The van der Waals surface area contributed by atoms with E-state index in [4.69, 9.17) is 4.74 Å². The second-order valence-corrected chi connectivity index (χ2v) is 6.56. The average molecular weight is 266 g/mol. The van der Waals surface area contributed by atoms with Crippen molar-refractivity contribution in [1.29, 1.82) is 0 Å². The second-order valence-electron chi connectivity index (χ2n) is 6.56. The minimum absolute atomic E-state index is 0.395. The number of methoxy groups -OCH3 is 1. The van der Waals surface area contributed by atoms with E-state index in [1.165, 1.54) is 6.42 Å². The van der Waals surface area contributed by atoms with Gasteiger partial charge in [0.05, 0.1) is 6.54 Å². The van der Waals surface area contributed by atoms with Gasteiger partial charge in [0.25, 0.3) is 0 Å². The molecule has 5 heteroatoms. The van der Waals surface area contributed by atoms with Crippen LogP contribution in [0.25, 0.3) is 0 Å². The maximum atomic E-state index is 5.08. The van der Waals surface area contributed by atoms with Gasteiger partial charge in [-0.15, -0.1) is 0 Å². The summed E-state index contributed by atoms with van der Waals surface area (Å²) >= 11 is 0. The first-order valence-electron chi connectivity index (χ1n) is 7.13. The Labute approximate surface area is 115 Å². The molecule has 108 valence electrons. The van der Waals surface area contributed by atoms with Crippen molar-refractivity contribution in [3.8, 4) is 0 Å². The smallest absolute Gasteiger partial charge is 0.176 e. The number of hydrogen-bond donors (Lipinski definition) is 1. The molecule has 0 unspecified atom stereocenters. The van der Waals surface area contributed by atoms with Gasteiger partial charge in [-0.1, -0.05) is 20.8 Å². The van der Waals surface area contributed by atoms with Crippen molar-refractivity contribution in [3.63, 3.8) is 0 Å². The summed E-state index contributed by atoms with van der Waals surface area (Å²) in [6, 6.07) is 0.520. The molecule has 1 aliphatic rings. The number of nitrogens with zero attached hydrogens (tertiary/aromatic N) is 3. The lowest BCUT2D eigenvalue weighted by molar-refractivity contribution is 0.177. The molecule has 0 aromatic carbocycles. The highest BCUT2D eigenvalue weighted by Crippen LogP contribution is 2.18. The Balaban J connectivity index is 1.84. The molecule has 0 spiro atoms. The maximum absolute atomic E-state index is 5.08. The molecule has 0 radical (unpaired) electrons. The highest BCUT2D eigenvalue weighted by Gasteiger charge is 2.21. The van der Waals surface area contributed by atoms with Crippen molar-refractivity contribution < 1.29 is 4.74 Å². The number of rotatable bonds is 5. The number of aromatic nitrogens is 3. The predicted octanol–water partition coefficient (Wildman–Crippen LogP) is 1.77. The van der Waals surface area contributed by atoms with Gasteiger partial charge in [-0.05, 0) is 24.8 Å². The van der Waals surface area contributed by atoms with E-state index in [1.807, 2.05) is 4.68 Å². The summed E-state index contributed by atoms with van der Waals surface area (Å²) in [7, 11) is 1.68. The lowest BCUT2D eigenvalue weighted by Gasteiger charge is -2.25. The van der Waals surface area contributed by atoms with E-state index < -0.39 is 0 Å². The Bertz CT molecular complexity index is 408. The second kappa shape index (κ2) is 6.01. The van der Waals surface area contributed by atoms with E-state index in [0.717, 1.165) is 37.6 Å². The Morgan fingerprint density at radius 1 is 1.42 bits per heavy atom. The zero-order chi connectivity index (χ0) is 13.9. The molecule has 1 atom stereocenters. The van der Waals surface area contributed by atoms with Crippen LogP contribution in [0.5, 0.6) is 0 Å². The largest absolute Gasteiger partial charge is 0.377 e. The first-order valence-corrected chi connectivity index (χ1v) is 7.13. The van der Waals surface area contributed by atoms with Crippen LogP contribution in [0.2, 0.25) is 0 Å². The number of ether oxygens (including phenoxy) is 1. The Morgan fingerprint density at radius 3 is 2.89 bits per heavy atom. The summed E-state index contributed by atoms with van der Waals surface area (Å²) in [6.45, 7) is 9.34. The molecular formula is C14H26N4O. The highest BCUT2D eigenvalue weighted by atomic mass is 16.5. The van der Waals surface area contributed by atoms with Gasteiger partial charge in [0.15, 0.2) is 5.82 Å². The number of aryl methyl sites for hydroxylation is 1. The molecule has 2 rings (SSSR count). The standard InChI is InChI=1S/C14H26N4O/c1-14(2,3)7-8-15-11-5-6-13-16-12(10-19-4)17-18(13)9-11/h11,15H,5-10H2,1-4H3/t11-/m0/s1. The van der Waals surface area contributed by atoms with Crippen LogP contribution >= 0.6 is 0 Å². The van der Waals surface area contributed by atoms with Gasteiger partial charge in [0.1, 0.15) is 12.4 Å². The molecule has 0 saturated carbocycles. The SMILES string of the molecule is COCc1nc2n(n1)C[C@@H](NCCC(C)(C)C)CC2. The van der Waals surface area contributed by atoms with Crippen LogP contribution in [-0.2, 0) is 24.3 Å². The van der Waals surface area contributed by atoms with Crippen LogP contribution < -0.4 is 5.32 Å². The van der Waals surface area contributed by atoms with Gasteiger partial charge in [0, 0.05) is 19.6 Å². The van der Waals surface area contributed by atoms with Crippen molar-refractivity contribution in [1.82, 2.24) is 20.1 Å². The molecule has 0 amide bonds. The monoisotopic (exact) mass is 266 g/mol. The van der Waals surface area contributed by atoms with Gasteiger partial charge >= 0.3 is 0 Å². The molecule has 1 aromatic heterocycles. The quantitative estimate of drug-likeness (QED) is 0.882. The molecule has 0 saturated heterocycles. The minimum Gasteiger partial charge on any atom is -0.377 e. The van der Waals surface area contributed by atoms with E-state index in [1.54, 1.807) is 7.11 Å². The summed E-state index contributed by atoms with van der Waals surface area (Å²) in [6.07, 6.45) is 3.35. The van der Waals surface area contributed by atoms with Crippen LogP contribution in [0.4, 0.5) is 0 Å². The van der Waals surface area contributed by atoms with Crippen molar-refractivity contribution in [3.05, 3.63) is 11.6 Å². The molecule has 0 fully saturated rings. The lowest BCUT2D eigenvalue weighted by atomic mass is 9.92. The Hall–Kier alpha value is -0.940. The molecule has 0 bridgehead atoms. The summed E-state index contributed by atoms with van der Waals surface area (Å²) in [4.78, 5) is 4.49. The lowest BCUT2D eigenvalue weighted by Crippen LogP contribution is -2.39. The van der Waals surface area contributed by atoms with Gasteiger partial charge in [-0.2, -0.15) is 5.10 Å². The summed E-state index contributed by atoms with van der Waals surface area (Å²) in [5.74, 6) is 1.90. The van der Waals surface area contributed by atoms with Gasteiger partial charge in [0.2, 0.25) is 0 Å². The van der Waals surface area contributed by atoms with Crippen molar-refractivity contribution in [2.24, 2.45) is 5.41 Å². The third-order valence-corrected chi connectivity index (χ3v) is 3.48. The van der Waals surface area contributed by atoms with Crippen LogP contribution in [0.15, 0.2) is 0 Å². The first-order chi connectivity index (χ1) is 8.98. The molecule has 5 nitrogen and oxygen atoms in total. The summed E-state index contributed by atoms with van der Waals surface area (Å²) < 4.78 is 7.12. The normalized spacial score (nSPS) is 19.5. The molecule has 1 N–H and O–H groups in total. The van der Waals surface area contributed by atoms with E-state index >= 15 is 0 Å². The Kier molecular flexibility index (Phi) is 4.58. The van der Waals surface area contributed by atoms with E-state index in [9.17, 15) is 0 Å². The van der Waals surface area contributed by atoms with E-state index in [-0.39, 0.29) is 0 Å². The third kappa shape index (κ3) is 4.28. The predicted molar refractivity (Wildman–Crippen MR) is 74.9 cm³/mol. The van der Waals surface area contributed by atoms with E-state index in [2.05, 4.69) is 36.2 Å². The minimum atomic E-state index is 0.395. The third-order valence-electron chi connectivity index (χ3n) is 3.48. The average Bonchev–Trinajstić information content (AvgIpc) is 2.69. The highest BCUT2D eigenvalue weighted by molar-refractivity contribution is 4.97. The van der Waals surface area contributed by atoms with Crippen molar-refractivity contribution in [2.75, 3.05) is 13.7 Å². The fourth-order valence-electron chi connectivity index (χ4n) is 2.37. The van der Waals surface area contributed by atoms with Gasteiger partial charge < -0.3 is 10.1 Å². The number of hydrogen-bond acceptors (Lipinski definition) is 4. The molecule has 2 heterocycles. The molecule has 0 aliphatic carbocycles. The molecule has 1 aliphatic heterocycles. The molecular weight excluding hydrogens is 240 g/mol. The fourth-order valence-corrected chi connectivity index (χ4v) is 2.37. The van der Waals surface area contributed by atoms with Crippen molar-refractivity contribution >= 4 is 0 Å². The summed E-state index contributed by atoms with van der Waals surface area (Å²) in [5, 5.41) is 8.13. The van der Waals surface area contributed by atoms with E-state index in [0.29, 0.717) is 18.1 Å².